The maximum Gasteiger partial charge on any atom is 0.158 e. The number of hydrogen-bond donors (Lipinski definition) is 0. The molecule has 3 rings (SSSR count). The molecule has 0 bridgehead atoms. The average molecular weight is 303 g/mol. The Morgan fingerprint density at radius 1 is 1.00 bits per heavy atom. The normalized spacial score (nSPS) is 10.5. The number of aryl methyl sites for hydroxylation is 2. The van der Waals surface area contributed by atoms with E-state index in [0.29, 0.717) is 28.0 Å². The number of nitrogens with zero attached hydrogens (tertiary/aromatic N) is 3. The van der Waals surface area contributed by atoms with Gasteiger partial charge in [0.25, 0.3) is 0 Å². The molecule has 0 N–H and O–H groups in total. The summed E-state index contributed by atoms with van der Waals surface area (Å²) in [5.41, 5.74) is 2.10. The molecule has 2 heterocycles. The third kappa shape index (κ3) is 2.98. The molecule has 0 fully saturated rings. The highest BCUT2D eigenvalue weighted by Gasteiger charge is 2.13. The van der Waals surface area contributed by atoms with Crippen LogP contribution in [0.25, 0.3) is 11.0 Å². The molecule has 0 saturated heterocycles. The minimum Gasteiger partial charge on any atom is -0.242 e. The standard InChI is InChI=1S/C15H13F2N3.C2H6/c1-9-12-7-14(17)10(2)18-15(12)20(19-9)8-11-5-3-4-6-13(11)16;1-2/h3-7H,8H2,1-2H3;1-2H3. The molecule has 0 spiro atoms. The molecule has 0 aliphatic carbocycles. The van der Waals surface area contributed by atoms with Crippen LogP contribution in [-0.2, 0) is 6.54 Å². The van der Waals surface area contributed by atoms with Gasteiger partial charge in [-0.05, 0) is 26.0 Å². The van der Waals surface area contributed by atoms with Crippen LogP contribution < -0.4 is 0 Å². The molecule has 116 valence electrons. The van der Waals surface area contributed by atoms with Gasteiger partial charge in [0.15, 0.2) is 5.65 Å². The van der Waals surface area contributed by atoms with E-state index in [1.807, 2.05) is 13.8 Å². The molecule has 0 saturated carbocycles. The van der Waals surface area contributed by atoms with Crippen molar-refractivity contribution in [2.75, 3.05) is 0 Å². The van der Waals surface area contributed by atoms with Crippen molar-refractivity contribution in [2.45, 2.75) is 34.2 Å². The Bertz CT molecular complexity index is 794. The second kappa shape index (κ2) is 6.64. The third-order valence-corrected chi connectivity index (χ3v) is 3.31. The van der Waals surface area contributed by atoms with Crippen molar-refractivity contribution in [3.8, 4) is 0 Å². The fraction of sp³-hybridized carbons (Fsp3) is 0.294. The van der Waals surface area contributed by atoms with Crippen LogP contribution in [-0.4, -0.2) is 14.8 Å². The number of benzene rings is 1. The van der Waals surface area contributed by atoms with Crippen molar-refractivity contribution in [1.82, 2.24) is 14.8 Å². The Balaban J connectivity index is 0.000000847. The Morgan fingerprint density at radius 3 is 2.36 bits per heavy atom. The molecule has 0 unspecified atom stereocenters. The topological polar surface area (TPSA) is 30.7 Å². The largest absolute Gasteiger partial charge is 0.242 e. The molecule has 0 amide bonds. The van der Waals surface area contributed by atoms with E-state index in [4.69, 9.17) is 0 Å². The third-order valence-electron chi connectivity index (χ3n) is 3.31. The van der Waals surface area contributed by atoms with E-state index >= 15 is 0 Å². The first-order valence-corrected chi connectivity index (χ1v) is 7.30. The molecule has 3 nitrogen and oxygen atoms in total. The van der Waals surface area contributed by atoms with Gasteiger partial charge in [-0.2, -0.15) is 5.10 Å². The maximum atomic E-state index is 13.7. The maximum absolute atomic E-state index is 13.7. The Labute approximate surface area is 128 Å². The van der Waals surface area contributed by atoms with Gasteiger partial charge in [-0.1, -0.05) is 32.0 Å². The molecule has 1 aromatic carbocycles. The summed E-state index contributed by atoms with van der Waals surface area (Å²) in [4.78, 5) is 4.22. The number of aromatic nitrogens is 3. The Kier molecular flexibility index (Phi) is 4.85. The van der Waals surface area contributed by atoms with Crippen molar-refractivity contribution in [1.29, 1.82) is 0 Å². The highest BCUT2D eigenvalue weighted by Crippen LogP contribution is 2.20. The summed E-state index contributed by atoms with van der Waals surface area (Å²) in [7, 11) is 0. The van der Waals surface area contributed by atoms with Gasteiger partial charge in [-0.25, -0.2) is 18.4 Å². The van der Waals surface area contributed by atoms with Gasteiger partial charge in [0, 0.05) is 10.9 Å². The van der Waals surface area contributed by atoms with Crippen LogP contribution >= 0.6 is 0 Å². The van der Waals surface area contributed by atoms with Crippen LogP contribution in [0, 0.1) is 25.5 Å². The zero-order valence-corrected chi connectivity index (χ0v) is 13.2. The molecule has 0 atom stereocenters. The monoisotopic (exact) mass is 303 g/mol. The van der Waals surface area contributed by atoms with Crippen LogP contribution in [0.5, 0.6) is 0 Å². The SMILES string of the molecule is CC.Cc1nc2c(cc1F)c(C)nn2Cc1ccccc1F. The van der Waals surface area contributed by atoms with Crippen molar-refractivity contribution in [3.63, 3.8) is 0 Å². The predicted molar refractivity (Wildman–Crippen MR) is 83.8 cm³/mol. The fourth-order valence-corrected chi connectivity index (χ4v) is 2.21. The lowest BCUT2D eigenvalue weighted by molar-refractivity contribution is 0.586. The van der Waals surface area contributed by atoms with Gasteiger partial charge in [-0.3, -0.25) is 0 Å². The van der Waals surface area contributed by atoms with Crippen LogP contribution in [0.3, 0.4) is 0 Å². The van der Waals surface area contributed by atoms with Crippen LogP contribution in [0.15, 0.2) is 30.3 Å². The number of rotatable bonds is 2. The number of halogens is 2. The molecular weight excluding hydrogens is 284 g/mol. The molecule has 0 aliphatic rings. The molecule has 0 radical (unpaired) electrons. The zero-order valence-electron chi connectivity index (χ0n) is 13.2. The average Bonchev–Trinajstić information content (AvgIpc) is 2.80. The van der Waals surface area contributed by atoms with E-state index in [0.717, 1.165) is 0 Å². The first-order valence-electron chi connectivity index (χ1n) is 7.30. The summed E-state index contributed by atoms with van der Waals surface area (Å²) in [6.45, 7) is 7.66. The zero-order chi connectivity index (χ0) is 16.3. The smallest absolute Gasteiger partial charge is 0.158 e. The van der Waals surface area contributed by atoms with E-state index in [1.54, 1.807) is 36.7 Å². The van der Waals surface area contributed by atoms with Crippen molar-refractivity contribution < 1.29 is 8.78 Å². The minimum atomic E-state index is -0.356. The summed E-state index contributed by atoms with van der Waals surface area (Å²) in [6.07, 6.45) is 0. The van der Waals surface area contributed by atoms with E-state index in [1.165, 1.54) is 12.1 Å². The number of fused-ring (bicyclic) bond motifs is 1. The lowest BCUT2D eigenvalue weighted by Gasteiger charge is -2.05. The Morgan fingerprint density at radius 2 is 1.68 bits per heavy atom. The van der Waals surface area contributed by atoms with Gasteiger partial charge < -0.3 is 0 Å². The second-order valence-corrected chi connectivity index (χ2v) is 4.76. The van der Waals surface area contributed by atoms with Gasteiger partial charge >= 0.3 is 0 Å². The summed E-state index contributed by atoms with van der Waals surface area (Å²) in [5, 5.41) is 4.99. The van der Waals surface area contributed by atoms with E-state index < -0.39 is 0 Å². The molecule has 0 aliphatic heterocycles. The van der Waals surface area contributed by atoms with Crippen molar-refractivity contribution in [3.05, 3.63) is 58.9 Å². The summed E-state index contributed by atoms with van der Waals surface area (Å²) >= 11 is 0. The first-order chi connectivity index (χ1) is 10.6. The number of pyridine rings is 1. The summed E-state index contributed by atoms with van der Waals surface area (Å²) in [5.74, 6) is -0.640. The highest BCUT2D eigenvalue weighted by atomic mass is 19.1. The number of hydrogen-bond acceptors (Lipinski definition) is 2. The lowest BCUT2D eigenvalue weighted by Crippen LogP contribution is -2.05. The van der Waals surface area contributed by atoms with Gasteiger partial charge in [-0.15, -0.1) is 0 Å². The van der Waals surface area contributed by atoms with Gasteiger partial charge in [0.2, 0.25) is 0 Å². The van der Waals surface area contributed by atoms with Crippen molar-refractivity contribution in [2.24, 2.45) is 0 Å². The molecular formula is C17H19F2N3. The molecule has 5 heteroatoms. The first kappa shape index (κ1) is 16.1. The van der Waals surface area contributed by atoms with Crippen molar-refractivity contribution >= 4 is 11.0 Å². The fourth-order valence-electron chi connectivity index (χ4n) is 2.21. The van der Waals surface area contributed by atoms with Crippen LogP contribution in [0.1, 0.15) is 30.8 Å². The molecule has 2 aromatic heterocycles. The predicted octanol–water partition coefficient (Wildman–Crippen LogP) is 4.40. The molecule has 22 heavy (non-hydrogen) atoms. The van der Waals surface area contributed by atoms with E-state index in [2.05, 4.69) is 10.1 Å². The van der Waals surface area contributed by atoms with E-state index in [9.17, 15) is 8.78 Å². The van der Waals surface area contributed by atoms with Gasteiger partial charge in [0.05, 0.1) is 17.9 Å². The quantitative estimate of drug-likeness (QED) is 0.702. The summed E-state index contributed by atoms with van der Waals surface area (Å²) in [6, 6.07) is 7.96. The molecule has 3 aromatic rings. The van der Waals surface area contributed by atoms with Gasteiger partial charge in [0.1, 0.15) is 11.6 Å². The van der Waals surface area contributed by atoms with E-state index in [-0.39, 0.29) is 18.2 Å². The Hall–Kier alpha value is -2.30. The second-order valence-electron chi connectivity index (χ2n) is 4.76. The van der Waals surface area contributed by atoms with Crippen LogP contribution in [0.2, 0.25) is 0 Å². The minimum absolute atomic E-state index is 0.273. The van der Waals surface area contributed by atoms with Crippen LogP contribution in [0.4, 0.5) is 8.78 Å². The lowest BCUT2D eigenvalue weighted by atomic mass is 10.2. The highest BCUT2D eigenvalue weighted by molar-refractivity contribution is 5.78. The summed E-state index contributed by atoms with van der Waals surface area (Å²) < 4.78 is 28.9.